The summed E-state index contributed by atoms with van der Waals surface area (Å²) in [6.07, 6.45) is 6.30. The van der Waals surface area contributed by atoms with E-state index in [4.69, 9.17) is 4.42 Å². The Morgan fingerprint density at radius 2 is 1.89 bits per heavy atom. The maximum Gasteiger partial charge on any atom is 0.137 e. The van der Waals surface area contributed by atoms with Gasteiger partial charge in [-0.1, -0.05) is 24.3 Å². The third kappa shape index (κ3) is 3.28. The number of para-hydroxylation sites is 1. The van der Waals surface area contributed by atoms with Gasteiger partial charge in [-0.05, 0) is 61.5 Å². The third-order valence-electron chi connectivity index (χ3n) is 5.51. The number of piperidine rings is 1. The average molecular weight is 357 g/mol. The van der Waals surface area contributed by atoms with Crippen LogP contribution in [-0.4, -0.2) is 24.6 Å². The summed E-state index contributed by atoms with van der Waals surface area (Å²) in [5, 5.41) is 10.5. The molecule has 1 saturated heterocycles. The number of aromatic nitrogens is 1. The van der Waals surface area contributed by atoms with Gasteiger partial charge in [-0.2, -0.15) is 0 Å². The summed E-state index contributed by atoms with van der Waals surface area (Å²) in [6, 6.07) is 16.7. The lowest BCUT2D eigenvalue weighted by Crippen LogP contribution is -2.31. The number of furan rings is 1. The van der Waals surface area contributed by atoms with Crippen LogP contribution in [0, 0.1) is 5.92 Å². The Bertz CT molecular complexity index is 1050. The van der Waals surface area contributed by atoms with Crippen LogP contribution in [-0.2, 0) is 0 Å². The van der Waals surface area contributed by atoms with Crippen molar-refractivity contribution in [1.29, 1.82) is 0 Å². The molecule has 2 aromatic heterocycles. The molecule has 3 heterocycles. The molecule has 2 aromatic carbocycles. The van der Waals surface area contributed by atoms with E-state index in [1.807, 2.05) is 30.6 Å². The van der Waals surface area contributed by atoms with Gasteiger partial charge < -0.3 is 15.1 Å². The van der Waals surface area contributed by atoms with E-state index >= 15 is 0 Å². The lowest BCUT2D eigenvalue weighted by atomic mass is 9.98. The van der Waals surface area contributed by atoms with E-state index in [1.165, 1.54) is 18.2 Å². The predicted molar refractivity (Wildman–Crippen MR) is 111 cm³/mol. The Hall–Kier alpha value is -2.85. The van der Waals surface area contributed by atoms with E-state index in [-0.39, 0.29) is 0 Å². The monoisotopic (exact) mass is 357 g/mol. The molecule has 1 aliphatic rings. The zero-order valence-corrected chi connectivity index (χ0v) is 15.2. The van der Waals surface area contributed by atoms with Gasteiger partial charge in [0.25, 0.3) is 0 Å². The first-order valence-electron chi connectivity index (χ1n) is 9.68. The smallest absolute Gasteiger partial charge is 0.137 e. The molecule has 1 fully saturated rings. The van der Waals surface area contributed by atoms with Crippen LogP contribution in [0.5, 0.6) is 0 Å². The van der Waals surface area contributed by atoms with Gasteiger partial charge >= 0.3 is 0 Å². The minimum absolute atomic E-state index is 0.745. The number of nitrogens with one attached hydrogen (secondary N) is 2. The quantitative estimate of drug-likeness (QED) is 0.536. The molecule has 4 heteroatoms. The first-order valence-corrected chi connectivity index (χ1v) is 9.68. The summed E-state index contributed by atoms with van der Waals surface area (Å²) >= 11 is 0. The van der Waals surface area contributed by atoms with E-state index in [9.17, 15) is 0 Å². The first kappa shape index (κ1) is 16.3. The molecule has 5 rings (SSSR count). The lowest BCUT2D eigenvalue weighted by Gasteiger charge is -2.23. The van der Waals surface area contributed by atoms with Crippen molar-refractivity contribution in [3.05, 3.63) is 60.9 Å². The van der Waals surface area contributed by atoms with E-state index in [0.717, 1.165) is 58.9 Å². The molecule has 4 nitrogen and oxygen atoms in total. The van der Waals surface area contributed by atoms with Crippen LogP contribution < -0.4 is 10.6 Å². The molecular formula is C23H23N3O. The molecule has 2 N–H and O–H groups in total. The Balaban J connectivity index is 1.48. The van der Waals surface area contributed by atoms with Crippen molar-refractivity contribution in [2.75, 3.05) is 25.0 Å². The zero-order chi connectivity index (χ0) is 18.1. The van der Waals surface area contributed by atoms with E-state index in [1.54, 1.807) is 0 Å². The number of anilines is 1. The number of hydrogen-bond acceptors (Lipinski definition) is 4. The van der Waals surface area contributed by atoms with Crippen LogP contribution in [0.1, 0.15) is 12.8 Å². The van der Waals surface area contributed by atoms with E-state index < -0.39 is 0 Å². The molecule has 0 spiro atoms. The summed E-state index contributed by atoms with van der Waals surface area (Å²) in [7, 11) is 0. The SMILES string of the molecule is c1ccc2oc(-c3cncc4ccc(NCC5CCNCC5)cc34)cc2c1. The van der Waals surface area contributed by atoms with Crippen molar-refractivity contribution in [2.24, 2.45) is 5.92 Å². The normalized spacial score (nSPS) is 15.4. The van der Waals surface area contributed by atoms with Gasteiger partial charge in [0.15, 0.2) is 0 Å². The second kappa shape index (κ2) is 7.05. The van der Waals surface area contributed by atoms with E-state index in [0.29, 0.717) is 0 Å². The van der Waals surface area contributed by atoms with Gasteiger partial charge in [0.05, 0.1) is 0 Å². The molecule has 0 saturated carbocycles. The fourth-order valence-electron chi connectivity index (χ4n) is 3.93. The van der Waals surface area contributed by atoms with Crippen LogP contribution in [0.15, 0.2) is 65.3 Å². The maximum atomic E-state index is 6.09. The van der Waals surface area contributed by atoms with Gasteiger partial charge in [-0.25, -0.2) is 0 Å². The van der Waals surface area contributed by atoms with Crippen molar-refractivity contribution < 1.29 is 4.42 Å². The molecule has 0 aliphatic carbocycles. The van der Waals surface area contributed by atoms with Crippen molar-refractivity contribution in [2.45, 2.75) is 12.8 Å². The fourth-order valence-corrected chi connectivity index (χ4v) is 3.93. The summed E-state index contributed by atoms with van der Waals surface area (Å²) in [4.78, 5) is 4.42. The molecule has 0 bridgehead atoms. The Morgan fingerprint density at radius 1 is 1.00 bits per heavy atom. The number of fused-ring (bicyclic) bond motifs is 2. The summed E-state index contributed by atoms with van der Waals surface area (Å²) in [5.41, 5.74) is 3.10. The van der Waals surface area contributed by atoms with Gasteiger partial charge in [0.2, 0.25) is 0 Å². The van der Waals surface area contributed by atoms with E-state index in [2.05, 4.69) is 45.9 Å². The fraction of sp³-hybridized carbons (Fsp3) is 0.261. The van der Waals surface area contributed by atoms with Crippen LogP contribution in [0.3, 0.4) is 0 Å². The first-order chi connectivity index (χ1) is 13.4. The van der Waals surface area contributed by atoms with Gasteiger partial charge in [-0.3, -0.25) is 4.98 Å². The highest BCUT2D eigenvalue weighted by Crippen LogP contribution is 2.33. The van der Waals surface area contributed by atoms with Crippen molar-refractivity contribution in [1.82, 2.24) is 10.3 Å². The van der Waals surface area contributed by atoms with Crippen molar-refractivity contribution in [3.63, 3.8) is 0 Å². The van der Waals surface area contributed by atoms with Crippen LogP contribution in [0.4, 0.5) is 5.69 Å². The Morgan fingerprint density at radius 3 is 2.78 bits per heavy atom. The molecule has 0 atom stereocenters. The summed E-state index contributed by atoms with van der Waals surface area (Å²) in [6.45, 7) is 3.29. The second-order valence-corrected chi connectivity index (χ2v) is 7.35. The zero-order valence-electron chi connectivity index (χ0n) is 15.2. The third-order valence-corrected chi connectivity index (χ3v) is 5.51. The molecule has 0 radical (unpaired) electrons. The standard InChI is InChI=1S/C23H23N3O/c1-2-4-22-17(3-1)11-23(27-22)21-15-25-14-18-5-6-19(12-20(18)21)26-13-16-7-9-24-10-8-16/h1-6,11-12,14-16,24,26H,7-10,13H2. The second-order valence-electron chi connectivity index (χ2n) is 7.35. The lowest BCUT2D eigenvalue weighted by molar-refractivity contribution is 0.390. The van der Waals surface area contributed by atoms with Gasteiger partial charge in [0, 0.05) is 41.0 Å². The number of hydrogen-bond donors (Lipinski definition) is 2. The highest BCUT2D eigenvalue weighted by Gasteiger charge is 2.14. The molecule has 4 aromatic rings. The van der Waals surface area contributed by atoms with Gasteiger partial charge in [0.1, 0.15) is 11.3 Å². The largest absolute Gasteiger partial charge is 0.456 e. The Labute approximate surface area is 158 Å². The molecule has 27 heavy (non-hydrogen) atoms. The number of benzene rings is 2. The highest BCUT2D eigenvalue weighted by molar-refractivity contribution is 5.98. The molecule has 0 unspecified atom stereocenters. The molecule has 1 aliphatic heterocycles. The van der Waals surface area contributed by atoms with Crippen molar-refractivity contribution >= 4 is 27.4 Å². The topological polar surface area (TPSA) is 50.1 Å². The maximum absolute atomic E-state index is 6.09. The highest BCUT2D eigenvalue weighted by atomic mass is 16.3. The molecule has 0 amide bonds. The number of nitrogens with zero attached hydrogens (tertiary/aromatic N) is 1. The molecule has 136 valence electrons. The van der Waals surface area contributed by atoms with Crippen LogP contribution >= 0.6 is 0 Å². The minimum atomic E-state index is 0.745. The van der Waals surface area contributed by atoms with Crippen LogP contribution in [0.25, 0.3) is 33.1 Å². The number of pyridine rings is 1. The Kier molecular flexibility index (Phi) is 4.26. The van der Waals surface area contributed by atoms with Crippen molar-refractivity contribution in [3.8, 4) is 11.3 Å². The van der Waals surface area contributed by atoms with Gasteiger partial charge in [-0.15, -0.1) is 0 Å². The average Bonchev–Trinajstić information content (AvgIpc) is 3.16. The summed E-state index contributed by atoms with van der Waals surface area (Å²) < 4.78 is 6.09. The number of rotatable bonds is 4. The van der Waals surface area contributed by atoms with Crippen LogP contribution in [0.2, 0.25) is 0 Å². The summed E-state index contributed by atoms with van der Waals surface area (Å²) in [5.74, 6) is 1.61. The minimum Gasteiger partial charge on any atom is -0.456 e. The predicted octanol–water partition coefficient (Wildman–Crippen LogP) is 5.06. The molecular weight excluding hydrogens is 334 g/mol.